The highest BCUT2D eigenvalue weighted by atomic mass is 16.2. The van der Waals surface area contributed by atoms with E-state index in [4.69, 9.17) is 0 Å². The highest BCUT2D eigenvalue weighted by molar-refractivity contribution is 6.09. The number of hydrogen-bond donors (Lipinski definition) is 1. The second-order valence-corrected chi connectivity index (χ2v) is 5.71. The molecule has 1 heterocycles. The van der Waals surface area contributed by atoms with Crippen LogP contribution in [-0.4, -0.2) is 24.9 Å². The van der Waals surface area contributed by atoms with E-state index in [2.05, 4.69) is 5.32 Å². The Kier molecular flexibility index (Phi) is 3.72. The number of rotatable bonds is 2. The number of nitrogens with one attached hydrogen (secondary N) is 1. The predicted octanol–water partition coefficient (Wildman–Crippen LogP) is 2.34. The summed E-state index contributed by atoms with van der Waals surface area (Å²) in [7, 11) is 0. The molecule has 20 heavy (non-hydrogen) atoms. The average Bonchev–Trinajstić information content (AvgIpc) is 2.61. The number of hydrogen-bond acceptors (Lipinski definition) is 2. The lowest BCUT2D eigenvalue weighted by atomic mass is 9.88. The maximum atomic E-state index is 12.3. The Morgan fingerprint density at radius 1 is 1.10 bits per heavy atom. The largest absolute Gasteiger partial charge is 0.343 e. The summed E-state index contributed by atoms with van der Waals surface area (Å²) in [6.07, 6.45) is 6.19. The third kappa shape index (κ3) is 2.55. The monoisotopic (exact) mass is 272 g/mol. The molecule has 2 amide bonds. The highest BCUT2D eigenvalue weighted by Crippen LogP contribution is 2.29. The van der Waals surface area contributed by atoms with Crippen molar-refractivity contribution in [3.63, 3.8) is 0 Å². The van der Waals surface area contributed by atoms with Crippen LogP contribution in [0, 0.1) is 5.92 Å². The first kappa shape index (κ1) is 13.2. The molecule has 0 bridgehead atoms. The fraction of sp³-hybridized carbons (Fsp3) is 0.500. The number of benzene rings is 1. The SMILES string of the molecule is O=C1NCC(=O)N(CC2CCCCC2)c2ccccc21. The molecule has 1 fully saturated rings. The Bertz CT molecular complexity index is 521. The Labute approximate surface area is 119 Å². The average molecular weight is 272 g/mol. The summed E-state index contributed by atoms with van der Waals surface area (Å²) in [4.78, 5) is 26.1. The number of fused-ring (bicyclic) bond motifs is 1. The van der Waals surface area contributed by atoms with Crippen molar-refractivity contribution < 1.29 is 9.59 Å². The van der Waals surface area contributed by atoms with Crippen molar-refractivity contribution in [3.05, 3.63) is 29.8 Å². The molecule has 106 valence electrons. The fourth-order valence-electron chi connectivity index (χ4n) is 3.21. The Hall–Kier alpha value is -1.84. The lowest BCUT2D eigenvalue weighted by Gasteiger charge is -2.29. The fourth-order valence-corrected chi connectivity index (χ4v) is 3.21. The zero-order valence-corrected chi connectivity index (χ0v) is 11.6. The van der Waals surface area contributed by atoms with Crippen molar-refractivity contribution in [1.82, 2.24) is 5.32 Å². The van der Waals surface area contributed by atoms with Crippen LogP contribution in [0.25, 0.3) is 0 Å². The van der Waals surface area contributed by atoms with E-state index in [1.165, 1.54) is 32.1 Å². The summed E-state index contributed by atoms with van der Waals surface area (Å²) < 4.78 is 0. The van der Waals surface area contributed by atoms with Crippen LogP contribution in [0.2, 0.25) is 0 Å². The van der Waals surface area contributed by atoms with E-state index < -0.39 is 0 Å². The van der Waals surface area contributed by atoms with Crippen molar-refractivity contribution in [3.8, 4) is 0 Å². The number of carbonyl (C=O) groups is 2. The number of amides is 2. The lowest BCUT2D eigenvalue weighted by molar-refractivity contribution is -0.117. The molecule has 0 radical (unpaired) electrons. The smallest absolute Gasteiger partial charge is 0.253 e. The van der Waals surface area contributed by atoms with Gasteiger partial charge < -0.3 is 10.2 Å². The van der Waals surface area contributed by atoms with Crippen LogP contribution in [0.15, 0.2) is 24.3 Å². The van der Waals surface area contributed by atoms with Gasteiger partial charge in [-0.05, 0) is 30.9 Å². The van der Waals surface area contributed by atoms with Gasteiger partial charge in [0, 0.05) is 6.54 Å². The van der Waals surface area contributed by atoms with E-state index in [1.807, 2.05) is 23.1 Å². The molecule has 1 aromatic carbocycles. The van der Waals surface area contributed by atoms with E-state index in [0.29, 0.717) is 11.5 Å². The molecule has 3 rings (SSSR count). The van der Waals surface area contributed by atoms with E-state index in [9.17, 15) is 9.59 Å². The molecule has 0 unspecified atom stereocenters. The van der Waals surface area contributed by atoms with Crippen LogP contribution < -0.4 is 10.2 Å². The first-order valence-corrected chi connectivity index (χ1v) is 7.43. The van der Waals surface area contributed by atoms with Crippen LogP contribution in [0.1, 0.15) is 42.5 Å². The van der Waals surface area contributed by atoms with Crippen molar-refractivity contribution in [1.29, 1.82) is 0 Å². The molecule has 0 atom stereocenters. The van der Waals surface area contributed by atoms with Crippen molar-refractivity contribution in [2.75, 3.05) is 18.0 Å². The van der Waals surface area contributed by atoms with E-state index in [-0.39, 0.29) is 18.4 Å². The molecule has 4 nitrogen and oxygen atoms in total. The van der Waals surface area contributed by atoms with Crippen molar-refractivity contribution in [2.45, 2.75) is 32.1 Å². The number of carbonyl (C=O) groups excluding carboxylic acids is 2. The zero-order chi connectivity index (χ0) is 13.9. The summed E-state index contributed by atoms with van der Waals surface area (Å²) in [5.74, 6) is 0.405. The normalized spacial score (nSPS) is 20.3. The topological polar surface area (TPSA) is 49.4 Å². The van der Waals surface area contributed by atoms with E-state index in [1.54, 1.807) is 6.07 Å². The minimum Gasteiger partial charge on any atom is -0.343 e. The van der Waals surface area contributed by atoms with Gasteiger partial charge in [0.1, 0.15) is 0 Å². The summed E-state index contributed by atoms with van der Waals surface area (Å²) in [5.41, 5.74) is 1.37. The van der Waals surface area contributed by atoms with Gasteiger partial charge in [0.25, 0.3) is 5.91 Å². The third-order valence-corrected chi connectivity index (χ3v) is 4.31. The van der Waals surface area contributed by atoms with Gasteiger partial charge in [-0.2, -0.15) is 0 Å². The number of nitrogens with zero attached hydrogens (tertiary/aromatic N) is 1. The van der Waals surface area contributed by atoms with Crippen molar-refractivity contribution in [2.24, 2.45) is 5.92 Å². The molecule has 1 N–H and O–H groups in total. The molecule has 1 aliphatic heterocycles. The molecule has 4 heteroatoms. The molecule has 1 saturated carbocycles. The number of para-hydroxylation sites is 1. The highest BCUT2D eigenvalue weighted by Gasteiger charge is 2.28. The van der Waals surface area contributed by atoms with Gasteiger partial charge in [-0.15, -0.1) is 0 Å². The van der Waals surface area contributed by atoms with Gasteiger partial charge in [0.2, 0.25) is 5.91 Å². The van der Waals surface area contributed by atoms with Gasteiger partial charge >= 0.3 is 0 Å². The van der Waals surface area contributed by atoms with Gasteiger partial charge in [-0.3, -0.25) is 9.59 Å². The van der Waals surface area contributed by atoms with E-state index in [0.717, 1.165) is 12.2 Å². The molecule has 0 spiro atoms. The standard InChI is InChI=1S/C16H20N2O2/c19-15-10-17-16(20)13-8-4-5-9-14(13)18(15)11-12-6-2-1-3-7-12/h4-5,8-9,12H,1-3,6-7,10-11H2,(H,17,20). The predicted molar refractivity (Wildman–Crippen MR) is 77.7 cm³/mol. The maximum absolute atomic E-state index is 12.3. The van der Waals surface area contributed by atoms with Crippen LogP contribution in [0.3, 0.4) is 0 Å². The van der Waals surface area contributed by atoms with Gasteiger partial charge in [-0.25, -0.2) is 0 Å². The first-order chi connectivity index (χ1) is 9.75. The summed E-state index contributed by atoms with van der Waals surface area (Å²) in [6, 6.07) is 7.39. The molecule has 0 saturated heterocycles. The Morgan fingerprint density at radius 2 is 1.85 bits per heavy atom. The first-order valence-electron chi connectivity index (χ1n) is 7.43. The molecule has 0 aromatic heterocycles. The summed E-state index contributed by atoms with van der Waals surface area (Å²) in [6.45, 7) is 0.838. The minimum atomic E-state index is -0.153. The molecule has 1 aliphatic carbocycles. The lowest BCUT2D eigenvalue weighted by Crippen LogP contribution is -2.39. The maximum Gasteiger partial charge on any atom is 0.253 e. The quantitative estimate of drug-likeness (QED) is 0.898. The second kappa shape index (κ2) is 5.65. The van der Waals surface area contributed by atoms with Gasteiger partial charge in [-0.1, -0.05) is 31.4 Å². The van der Waals surface area contributed by atoms with Crippen LogP contribution >= 0.6 is 0 Å². The minimum absolute atomic E-state index is 0.00567. The molecule has 2 aliphatic rings. The third-order valence-electron chi connectivity index (χ3n) is 4.31. The van der Waals surface area contributed by atoms with Gasteiger partial charge in [0.05, 0.1) is 17.8 Å². The summed E-state index contributed by atoms with van der Waals surface area (Å²) in [5, 5.41) is 2.69. The molecular formula is C16H20N2O2. The Morgan fingerprint density at radius 3 is 2.65 bits per heavy atom. The van der Waals surface area contributed by atoms with Crippen LogP contribution in [0.5, 0.6) is 0 Å². The van der Waals surface area contributed by atoms with Crippen molar-refractivity contribution >= 4 is 17.5 Å². The number of anilines is 1. The van der Waals surface area contributed by atoms with Gasteiger partial charge in [0.15, 0.2) is 0 Å². The second-order valence-electron chi connectivity index (χ2n) is 5.71. The van der Waals surface area contributed by atoms with Crippen LogP contribution in [0.4, 0.5) is 5.69 Å². The zero-order valence-electron chi connectivity index (χ0n) is 11.6. The summed E-state index contributed by atoms with van der Waals surface area (Å²) >= 11 is 0. The van der Waals surface area contributed by atoms with Crippen LogP contribution in [-0.2, 0) is 4.79 Å². The molecule has 1 aromatic rings. The Balaban J connectivity index is 1.88. The molecular weight excluding hydrogens is 252 g/mol. The van der Waals surface area contributed by atoms with E-state index >= 15 is 0 Å².